The van der Waals surface area contributed by atoms with Crippen molar-refractivity contribution in [2.75, 3.05) is 0 Å². The van der Waals surface area contributed by atoms with Gasteiger partial charge in [0.25, 0.3) is 0 Å². The van der Waals surface area contributed by atoms with Gasteiger partial charge >= 0.3 is 0 Å². The Labute approximate surface area is 85.3 Å². The van der Waals surface area contributed by atoms with Crippen molar-refractivity contribution in [2.45, 2.75) is 41.5 Å². The molecule has 0 spiro atoms. The molecule has 0 aromatic rings. The molecule has 14 heavy (non-hydrogen) atoms. The van der Waals surface area contributed by atoms with Crippen LogP contribution in [-0.2, 0) is 9.59 Å². The van der Waals surface area contributed by atoms with Crippen LogP contribution in [0.4, 0.5) is 0 Å². The molecule has 0 aromatic carbocycles. The minimum absolute atomic E-state index is 0.174. The fourth-order valence-electron chi connectivity index (χ4n) is 1.76. The molecule has 1 saturated heterocycles. The second-order valence-electron chi connectivity index (χ2n) is 5.66. The molecule has 0 atom stereocenters. The normalized spacial score (nSPS) is 28.4. The predicted octanol–water partition coefficient (Wildman–Crippen LogP) is 1.72. The highest BCUT2D eigenvalue weighted by molar-refractivity contribution is 6.03. The first kappa shape index (κ1) is 11.2. The molecule has 1 heterocycles. The third-order valence-electron chi connectivity index (χ3n) is 4.49. The summed E-state index contributed by atoms with van der Waals surface area (Å²) in [7, 11) is 0. The molecule has 0 aliphatic carbocycles. The molecule has 1 fully saturated rings. The van der Waals surface area contributed by atoms with E-state index in [4.69, 9.17) is 0 Å². The number of rotatable bonds is 0. The number of piperidine rings is 1. The molecule has 1 rings (SSSR count). The first-order chi connectivity index (χ1) is 6.05. The summed E-state index contributed by atoms with van der Waals surface area (Å²) in [5, 5.41) is 2.44. The highest BCUT2D eigenvalue weighted by atomic mass is 16.2. The van der Waals surface area contributed by atoms with Gasteiger partial charge in [0.1, 0.15) is 0 Å². The summed E-state index contributed by atoms with van der Waals surface area (Å²) < 4.78 is 0. The van der Waals surface area contributed by atoms with E-state index in [2.05, 4.69) is 5.32 Å². The number of hydrogen-bond acceptors (Lipinski definition) is 2. The second-order valence-corrected chi connectivity index (χ2v) is 5.66. The SMILES string of the molecule is CC1(C)C(=O)NC(=O)C(C)(C)C1(C)C. The van der Waals surface area contributed by atoms with E-state index in [1.165, 1.54) is 0 Å². The molecule has 0 bridgehead atoms. The molecule has 3 heteroatoms. The third-order valence-corrected chi connectivity index (χ3v) is 4.49. The molecule has 0 saturated carbocycles. The largest absolute Gasteiger partial charge is 0.295 e. The maximum Gasteiger partial charge on any atom is 0.232 e. The van der Waals surface area contributed by atoms with E-state index in [1.54, 1.807) is 0 Å². The van der Waals surface area contributed by atoms with Crippen molar-refractivity contribution in [3.63, 3.8) is 0 Å². The highest BCUT2D eigenvalue weighted by Gasteiger charge is 2.59. The Balaban J connectivity index is 3.31. The zero-order chi connectivity index (χ0) is 11.4. The van der Waals surface area contributed by atoms with Crippen molar-refractivity contribution in [1.82, 2.24) is 5.32 Å². The molecule has 1 aliphatic rings. The van der Waals surface area contributed by atoms with Gasteiger partial charge in [-0.25, -0.2) is 0 Å². The number of carbonyl (C=O) groups excluding carboxylic acids is 2. The summed E-state index contributed by atoms with van der Waals surface area (Å²) in [6.45, 7) is 11.5. The quantitative estimate of drug-likeness (QED) is 0.601. The number of imide groups is 1. The molecule has 3 nitrogen and oxygen atoms in total. The van der Waals surface area contributed by atoms with Crippen LogP contribution in [0.25, 0.3) is 0 Å². The van der Waals surface area contributed by atoms with Crippen molar-refractivity contribution in [3.05, 3.63) is 0 Å². The van der Waals surface area contributed by atoms with Gasteiger partial charge < -0.3 is 0 Å². The predicted molar refractivity (Wildman–Crippen MR) is 54.5 cm³/mol. The lowest BCUT2D eigenvalue weighted by molar-refractivity contribution is -0.165. The Hall–Kier alpha value is -0.860. The summed E-state index contributed by atoms with van der Waals surface area (Å²) >= 11 is 0. The maximum absolute atomic E-state index is 11.7. The zero-order valence-electron chi connectivity index (χ0n) is 9.82. The lowest BCUT2D eigenvalue weighted by Crippen LogP contribution is -2.64. The van der Waals surface area contributed by atoms with E-state index < -0.39 is 10.8 Å². The molecule has 1 N–H and O–H groups in total. The minimum Gasteiger partial charge on any atom is -0.295 e. The van der Waals surface area contributed by atoms with Gasteiger partial charge in [0.15, 0.2) is 0 Å². The third kappa shape index (κ3) is 1.04. The molecular weight excluding hydrogens is 178 g/mol. The van der Waals surface area contributed by atoms with Crippen LogP contribution >= 0.6 is 0 Å². The molecule has 80 valence electrons. The van der Waals surface area contributed by atoms with Gasteiger partial charge in [-0.15, -0.1) is 0 Å². The summed E-state index contributed by atoms with van der Waals surface area (Å²) in [6, 6.07) is 0. The van der Waals surface area contributed by atoms with E-state index in [9.17, 15) is 9.59 Å². The van der Waals surface area contributed by atoms with Gasteiger partial charge in [0.05, 0.1) is 10.8 Å². The van der Waals surface area contributed by atoms with Crippen LogP contribution < -0.4 is 5.32 Å². The van der Waals surface area contributed by atoms with E-state index in [1.807, 2.05) is 41.5 Å². The van der Waals surface area contributed by atoms with Gasteiger partial charge in [-0.3, -0.25) is 14.9 Å². The van der Waals surface area contributed by atoms with Crippen LogP contribution in [0.3, 0.4) is 0 Å². The molecule has 2 amide bonds. The smallest absolute Gasteiger partial charge is 0.232 e. The molecule has 0 unspecified atom stereocenters. The lowest BCUT2D eigenvalue weighted by atomic mass is 9.52. The summed E-state index contributed by atoms with van der Waals surface area (Å²) in [4.78, 5) is 23.4. The van der Waals surface area contributed by atoms with Crippen molar-refractivity contribution in [2.24, 2.45) is 16.2 Å². The van der Waals surface area contributed by atoms with Crippen LogP contribution in [0.5, 0.6) is 0 Å². The van der Waals surface area contributed by atoms with Crippen molar-refractivity contribution < 1.29 is 9.59 Å². The van der Waals surface area contributed by atoms with Crippen LogP contribution in [0.1, 0.15) is 41.5 Å². The molecule has 0 radical (unpaired) electrons. The van der Waals surface area contributed by atoms with Gasteiger partial charge in [-0.2, -0.15) is 0 Å². The second kappa shape index (κ2) is 2.59. The Morgan fingerprint density at radius 2 is 1.07 bits per heavy atom. The van der Waals surface area contributed by atoms with Crippen LogP contribution in [0, 0.1) is 16.2 Å². The molecule has 1 aliphatic heterocycles. The summed E-state index contributed by atoms with van der Waals surface area (Å²) in [5.74, 6) is -0.348. The average molecular weight is 197 g/mol. The van der Waals surface area contributed by atoms with Crippen molar-refractivity contribution in [1.29, 1.82) is 0 Å². The van der Waals surface area contributed by atoms with E-state index in [0.29, 0.717) is 0 Å². The number of amides is 2. The van der Waals surface area contributed by atoms with E-state index >= 15 is 0 Å². The minimum atomic E-state index is -0.523. The Bertz CT molecular complexity index is 272. The maximum atomic E-state index is 11.7. The van der Waals surface area contributed by atoms with Crippen molar-refractivity contribution >= 4 is 11.8 Å². The standard InChI is InChI=1S/C11H19NO2/c1-9(2)7(13)12-8(14)10(3,4)11(9,5)6/h1-6H3,(H,12,13,14). The lowest BCUT2D eigenvalue weighted by Gasteiger charge is -2.53. The summed E-state index contributed by atoms with van der Waals surface area (Å²) in [5.41, 5.74) is -1.39. The van der Waals surface area contributed by atoms with E-state index in [0.717, 1.165) is 0 Å². The van der Waals surface area contributed by atoms with Gasteiger partial charge in [-0.05, 0) is 5.41 Å². The number of carbonyl (C=O) groups is 2. The fourth-order valence-corrected chi connectivity index (χ4v) is 1.76. The molecular formula is C11H19NO2. The number of nitrogens with one attached hydrogen (secondary N) is 1. The monoisotopic (exact) mass is 197 g/mol. The average Bonchev–Trinajstić information content (AvgIpc) is 2.01. The Morgan fingerprint density at radius 1 is 0.786 bits per heavy atom. The van der Waals surface area contributed by atoms with Crippen molar-refractivity contribution in [3.8, 4) is 0 Å². The van der Waals surface area contributed by atoms with E-state index in [-0.39, 0.29) is 17.2 Å². The first-order valence-electron chi connectivity index (χ1n) is 4.91. The van der Waals surface area contributed by atoms with Crippen LogP contribution in [0.2, 0.25) is 0 Å². The summed E-state index contributed by atoms with van der Waals surface area (Å²) in [6.07, 6.45) is 0. The Morgan fingerprint density at radius 3 is 1.36 bits per heavy atom. The number of hydrogen-bond donors (Lipinski definition) is 1. The highest BCUT2D eigenvalue weighted by Crippen LogP contribution is 2.53. The fraction of sp³-hybridized carbons (Fsp3) is 0.818. The first-order valence-corrected chi connectivity index (χ1v) is 4.91. The Kier molecular flexibility index (Phi) is 2.07. The van der Waals surface area contributed by atoms with Crippen LogP contribution in [-0.4, -0.2) is 11.8 Å². The van der Waals surface area contributed by atoms with Gasteiger partial charge in [-0.1, -0.05) is 41.5 Å². The topological polar surface area (TPSA) is 46.2 Å². The zero-order valence-corrected chi connectivity index (χ0v) is 9.82. The van der Waals surface area contributed by atoms with Gasteiger partial charge in [0.2, 0.25) is 11.8 Å². The molecule has 0 aromatic heterocycles. The van der Waals surface area contributed by atoms with Gasteiger partial charge in [0, 0.05) is 0 Å². The van der Waals surface area contributed by atoms with Crippen LogP contribution in [0.15, 0.2) is 0 Å².